The van der Waals surface area contributed by atoms with Crippen LogP contribution in [0.15, 0.2) is 38.9 Å². The molecule has 1 unspecified atom stereocenters. The van der Waals surface area contributed by atoms with Crippen molar-refractivity contribution in [3.63, 3.8) is 0 Å². The Morgan fingerprint density at radius 1 is 1.56 bits per heavy atom. The van der Waals surface area contributed by atoms with Crippen molar-refractivity contribution in [2.24, 2.45) is 0 Å². The van der Waals surface area contributed by atoms with Gasteiger partial charge in [0, 0.05) is 0 Å². The first-order chi connectivity index (χ1) is 7.72. The fraction of sp³-hybridized carbons (Fsp3) is 0.231. The van der Waals surface area contributed by atoms with Gasteiger partial charge < -0.3 is 0 Å². The zero-order valence-corrected chi connectivity index (χ0v) is 12.9. The summed E-state index contributed by atoms with van der Waals surface area (Å²) in [7, 11) is 0. The second-order valence-electron chi connectivity index (χ2n) is 3.12. The van der Waals surface area contributed by atoms with Crippen molar-refractivity contribution in [3.05, 3.63) is 38.9 Å². The van der Waals surface area contributed by atoms with Gasteiger partial charge in [0.1, 0.15) is 0 Å². The number of halogens is 1. The molecule has 0 spiro atoms. The van der Waals surface area contributed by atoms with E-state index in [0.29, 0.717) is 21.6 Å². The summed E-state index contributed by atoms with van der Waals surface area (Å²) in [5.74, 6) is 2.55. The van der Waals surface area contributed by atoms with Gasteiger partial charge in [-0.1, -0.05) is 0 Å². The molecule has 0 aliphatic heterocycles. The topological polar surface area (TPSA) is 9.23 Å². The van der Waals surface area contributed by atoms with E-state index in [-0.39, 0.29) is 6.10 Å². The van der Waals surface area contributed by atoms with Crippen LogP contribution in [0.4, 0.5) is 0 Å². The molecule has 0 radical (unpaired) electrons. The third-order valence-corrected chi connectivity index (χ3v) is 5.33. The van der Waals surface area contributed by atoms with Crippen LogP contribution in [0.25, 0.3) is 0 Å². The Morgan fingerprint density at radius 3 is 2.88 bits per heavy atom. The zero-order valence-electron chi connectivity index (χ0n) is 9.02. The quantitative estimate of drug-likeness (QED) is 0.426. The Hall–Kier alpha value is -0.271. The monoisotopic (exact) mass is 392 g/mol. The van der Waals surface area contributed by atoms with E-state index in [1.165, 1.54) is 8.04 Å². The molecule has 1 atom stereocenters. The number of benzene rings is 1. The molecule has 0 aliphatic carbocycles. The Kier molecular flexibility index (Phi) is 6.82. The van der Waals surface area contributed by atoms with Crippen LogP contribution in [0.5, 0.6) is 0 Å². The Balaban J connectivity index is 2.38. The average Bonchev–Trinajstić information content (AvgIpc) is 2.34. The van der Waals surface area contributed by atoms with E-state index in [0.717, 1.165) is 0 Å². The minimum absolute atomic E-state index is 0.109. The Bertz CT molecular complexity index is 381. The summed E-state index contributed by atoms with van der Waals surface area (Å²) >= 11 is 2.68. The molecule has 3 heteroatoms. The van der Waals surface area contributed by atoms with E-state index < -0.39 is 0 Å². The van der Waals surface area contributed by atoms with E-state index in [4.69, 9.17) is 11.2 Å². The van der Waals surface area contributed by atoms with Crippen LogP contribution < -0.4 is 4.46 Å². The normalized spacial score (nSPS) is 13.2. The molecule has 0 heterocycles. The molecule has 0 fully saturated rings. The SMILES string of the molecule is C#CC(C)OC/C(I)=C/[Se]c1ccccc1. The van der Waals surface area contributed by atoms with Crippen molar-refractivity contribution in [1.82, 2.24) is 0 Å². The molecule has 1 rings (SSSR count). The minimum atomic E-state index is -0.109. The second kappa shape index (κ2) is 7.91. The molecule has 84 valence electrons. The summed E-state index contributed by atoms with van der Waals surface area (Å²) in [4.78, 5) is 2.23. The van der Waals surface area contributed by atoms with Crippen molar-refractivity contribution in [1.29, 1.82) is 0 Å². The predicted octanol–water partition coefficient (Wildman–Crippen LogP) is 2.33. The summed E-state index contributed by atoms with van der Waals surface area (Å²) < 4.78 is 8.02. The van der Waals surface area contributed by atoms with Crippen LogP contribution in [0, 0.1) is 12.3 Å². The van der Waals surface area contributed by atoms with Gasteiger partial charge in [-0.2, -0.15) is 0 Å². The number of rotatable bonds is 5. The number of ether oxygens (including phenoxy) is 1. The molecule has 1 aromatic rings. The van der Waals surface area contributed by atoms with Gasteiger partial charge in [-0.3, -0.25) is 0 Å². The molecule has 1 aromatic carbocycles. The molecule has 0 saturated heterocycles. The van der Waals surface area contributed by atoms with E-state index >= 15 is 0 Å². The fourth-order valence-electron chi connectivity index (χ4n) is 0.918. The van der Waals surface area contributed by atoms with Crippen LogP contribution in [-0.4, -0.2) is 27.7 Å². The van der Waals surface area contributed by atoms with Gasteiger partial charge in [-0.15, -0.1) is 0 Å². The molecular formula is C13H13IOSe. The van der Waals surface area contributed by atoms with Crippen molar-refractivity contribution in [3.8, 4) is 12.3 Å². The Morgan fingerprint density at radius 2 is 2.25 bits per heavy atom. The van der Waals surface area contributed by atoms with E-state index in [1.54, 1.807) is 0 Å². The molecule has 1 nitrogen and oxygen atoms in total. The van der Waals surface area contributed by atoms with E-state index in [9.17, 15) is 0 Å². The van der Waals surface area contributed by atoms with Crippen molar-refractivity contribution in [2.45, 2.75) is 13.0 Å². The molecule has 0 aliphatic rings. The van der Waals surface area contributed by atoms with Gasteiger partial charge in [0.25, 0.3) is 0 Å². The summed E-state index contributed by atoms with van der Waals surface area (Å²) in [6.45, 7) is 2.49. The fourth-order valence-corrected chi connectivity index (χ4v) is 3.11. The third-order valence-electron chi connectivity index (χ3n) is 1.77. The summed E-state index contributed by atoms with van der Waals surface area (Å²) in [5.41, 5.74) is 0. The molecule has 0 saturated carbocycles. The van der Waals surface area contributed by atoms with Crippen LogP contribution in [0.1, 0.15) is 6.92 Å². The average molecular weight is 391 g/mol. The number of terminal acetylenes is 1. The molecule has 16 heavy (non-hydrogen) atoms. The maximum absolute atomic E-state index is 5.44. The number of hydrogen-bond donors (Lipinski definition) is 0. The van der Waals surface area contributed by atoms with Crippen molar-refractivity contribution >= 4 is 42.0 Å². The van der Waals surface area contributed by atoms with Gasteiger partial charge in [-0.05, 0) is 0 Å². The van der Waals surface area contributed by atoms with Gasteiger partial charge in [-0.25, -0.2) is 0 Å². The Labute approximate surface area is 117 Å². The van der Waals surface area contributed by atoms with Crippen molar-refractivity contribution < 1.29 is 4.74 Å². The molecule has 0 N–H and O–H groups in total. The van der Waals surface area contributed by atoms with Gasteiger partial charge in [0.2, 0.25) is 0 Å². The second-order valence-corrected chi connectivity index (χ2v) is 6.48. The first-order valence-electron chi connectivity index (χ1n) is 4.86. The standard InChI is InChI=1S/C13H13IOSe/c1-3-11(2)15-9-12(14)10-16-13-7-5-4-6-8-13/h1,4-8,10-11H,9H2,2H3/b12-10-. The molecular weight excluding hydrogens is 378 g/mol. The summed E-state index contributed by atoms with van der Waals surface area (Å²) in [6, 6.07) is 10.5. The summed E-state index contributed by atoms with van der Waals surface area (Å²) in [6.07, 6.45) is 5.12. The van der Waals surface area contributed by atoms with E-state index in [2.05, 4.69) is 57.8 Å². The van der Waals surface area contributed by atoms with Crippen LogP contribution in [-0.2, 0) is 4.74 Å². The maximum atomic E-state index is 5.44. The van der Waals surface area contributed by atoms with Crippen LogP contribution in [0.2, 0.25) is 0 Å². The van der Waals surface area contributed by atoms with Crippen LogP contribution >= 0.6 is 22.6 Å². The first-order valence-corrected chi connectivity index (χ1v) is 7.79. The van der Waals surface area contributed by atoms with Gasteiger partial charge >= 0.3 is 118 Å². The van der Waals surface area contributed by atoms with Gasteiger partial charge in [0.15, 0.2) is 0 Å². The van der Waals surface area contributed by atoms with Crippen LogP contribution in [0.3, 0.4) is 0 Å². The summed E-state index contributed by atoms with van der Waals surface area (Å²) in [5, 5.41) is 0. The first kappa shape index (κ1) is 13.8. The molecule has 0 amide bonds. The molecule has 0 bridgehead atoms. The van der Waals surface area contributed by atoms with E-state index in [1.807, 2.05) is 13.0 Å². The zero-order chi connectivity index (χ0) is 11.8. The predicted molar refractivity (Wildman–Crippen MR) is 78.2 cm³/mol. The molecule has 0 aromatic heterocycles. The number of hydrogen-bond acceptors (Lipinski definition) is 1. The third kappa shape index (κ3) is 5.72. The van der Waals surface area contributed by atoms with Gasteiger partial charge in [0.05, 0.1) is 0 Å². The van der Waals surface area contributed by atoms with Crippen molar-refractivity contribution in [2.75, 3.05) is 6.61 Å².